The molecule has 0 radical (unpaired) electrons. The van der Waals surface area contributed by atoms with Gasteiger partial charge in [0.1, 0.15) is 11.6 Å². The lowest BCUT2D eigenvalue weighted by atomic mass is 10.3. The van der Waals surface area contributed by atoms with Gasteiger partial charge >= 0.3 is 0 Å². The Balaban J connectivity index is 2.03. The molecular weight excluding hydrogens is 228 g/mol. The highest BCUT2D eigenvalue weighted by atomic mass is 15.3. The molecule has 0 spiro atoms. The SMILES string of the molecule is Cc1ccc(Nc2cc(N)nn3ccnc23)nc1. The third kappa shape index (κ3) is 1.84. The Morgan fingerprint density at radius 2 is 2.17 bits per heavy atom. The number of fused-ring (bicyclic) bond motifs is 1. The van der Waals surface area contributed by atoms with Gasteiger partial charge in [-0.05, 0) is 18.6 Å². The molecule has 3 aromatic heterocycles. The van der Waals surface area contributed by atoms with E-state index in [1.54, 1.807) is 29.2 Å². The predicted octanol–water partition coefficient (Wildman–Crippen LogP) is 1.76. The standard InChI is InChI=1S/C12H12N6/c1-8-2-3-11(15-7-8)16-9-6-10(13)17-18-5-4-14-12(9)18/h2-7H,1H3,(H2,13,17)(H,15,16). The van der Waals surface area contributed by atoms with Crippen LogP contribution in [0.2, 0.25) is 0 Å². The Hall–Kier alpha value is -2.63. The lowest BCUT2D eigenvalue weighted by Crippen LogP contribution is -2.02. The molecule has 0 aliphatic rings. The molecule has 3 rings (SSSR count). The molecular formula is C12H12N6. The summed E-state index contributed by atoms with van der Waals surface area (Å²) >= 11 is 0. The van der Waals surface area contributed by atoms with Crippen molar-refractivity contribution < 1.29 is 0 Å². The lowest BCUT2D eigenvalue weighted by Gasteiger charge is -2.07. The van der Waals surface area contributed by atoms with Crippen molar-refractivity contribution in [3.8, 4) is 0 Å². The van der Waals surface area contributed by atoms with E-state index in [2.05, 4.69) is 20.4 Å². The number of nitrogens with zero attached hydrogens (tertiary/aromatic N) is 4. The minimum atomic E-state index is 0.426. The van der Waals surface area contributed by atoms with Crippen molar-refractivity contribution in [2.75, 3.05) is 11.1 Å². The van der Waals surface area contributed by atoms with Crippen molar-refractivity contribution in [2.45, 2.75) is 6.92 Å². The van der Waals surface area contributed by atoms with Gasteiger partial charge in [-0.15, -0.1) is 5.10 Å². The minimum absolute atomic E-state index is 0.426. The van der Waals surface area contributed by atoms with E-state index in [9.17, 15) is 0 Å². The second kappa shape index (κ2) is 3.99. The molecule has 6 nitrogen and oxygen atoms in total. The number of rotatable bonds is 2. The zero-order valence-corrected chi connectivity index (χ0v) is 9.83. The topological polar surface area (TPSA) is 81.1 Å². The highest BCUT2D eigenvalue weighted by Crippen LogP contribution is 2.20. The molecule has 0 aliphatic carbocycles. The van der Waals surface area contributed by atoms with Crippen LogP contribution in [0.5, 0.6) is 0 Å². The molecule has 3 N–H and O–H groups in total. The zero-order chi connectivity index (χ0) is 12.5. The Kier molecular flexibility index (Phi) is 2.33. The first-order chi connectivity index (χ1) is 8.72. The van der Waals surface area contributed by atoms with Gasteiger partial charge in [-0.1, -0.05) is 6.07 Å². The van der Waals surface area contributed by atoms with Crippen molar-refractivity contribution in [1.82, 2.24) is 19.6 Å². The molecule has 0 bridgehead atoms. The van der Waals surface area contributed by atoms with Gasteiger partial charge in [-0.3, -0.25) is 0 Å². The van der Waals surface area contributed by atoms with Crippen molar-refractivity contribution in [3.05, 3.63) is 42.4 Å². The molecule has 0 aromatic carbocycles. The number of hydrogen-bond donors (Lipinski definition) is 2. The number of aromatic nitrogens is 4. The second-order valence-electron chi connectivity index (χ2n) is 4.02. The summed E-state index contributed by atoms with van der Waals surface area (Å²) in [5.41, 5.74) is 8.35. The molecule has 3 heterocycles. The van der Waals surface area contributed by atoms with Gasteiger partial charge in [0.15, 0.2) is 5.65 Å². The highest BCUT2D eigenvalue weighted by molar-refractivity contribution is 5.74. The minimum Gasteiger partial charge on any atom is -0.382 e. The fraction of sp³-hybridized carbons (Fsp3) is 0.0833. The third-order valence-electron chi connectivity index (χ3n) is 2.55. The van der Waals surface area contributed by atoms with Crippen LogP contribution < -0.4 is 11.1 Å². The third-order valence-corrected chi connectivity index (χ3v) is 2.55. The van der Waals surface area contributed by atoms with Crippen LogP contribution in [-0.2, 0) is 0 Å². The quantitative estimate of drug-likeness (QED) is 0.713. The Morgan fingerprint density at radius 1 is 1.28 bits per heavy atom. The molecule has 0 unspecified atom stereocenters. The summed E-state index contributed by atoms with van der Waals surface area (Å²) in [6, 6.07) is 5.64. The maximum atomic E-state index is 5.74. The number of hydrogen-bond acceptors (Lipinski definition) is 5. The van der Waals surface area contributed by atoms with Crippen LogP contribution >= 0.6 is 0 Å². The molecule has 3 aromatic rings. The maximum absolute atomic E-state index is 5.74. The number of imidazole rings is 1. The van der Waals surface area contributed by atoms with E-state index in [0.717, 1.165) is 17.1 Å². The normalized spacial score (nSPS) is 10.7. The number of nitrogens with two attached hydrogens (primary N) is 1. The molecule has 0 saturated carbocycles. The Labute approximate surface area is 103 Å². The summed E-state index contributed by atoms with van der Waals surface area (Å²) in [6.45, 7) is 1.99. The van der Waals surface area contributed by atoms with E-state index in [4.69, 9.17) is 5.73 Å². The summed E-state index contributed by atoms with van der Waals surface area (Å²) in [7, 11) is 0. The van der Waals surface area contributed by atoms with Crippen LogP contribution in [0, 0.1) is 6.92 Å². The predicted molar refractivity (Wildman–Crippen MR) is 69.7 cm³/mol. The monoisotopic (exact) mass is 240 g/mol. The number of anilines is 3. The summed E-state index contributed by atoms with van der Waals surface area (Å²) < 4.78 is 1.63. The van der Waals surface area contributed by atoms with Gasteiger partial charge < -0.3 is 11.1 Å². The molecule has 0 fully saturated rings. The van der Waals surface area contributed by atoms with Gasteiger partial charge in [-0.2, -0.15) is 0 Å². The van der Waals surface area contributed by atoms with E-state index >= 15 is 0 Å². The maximum Gasteiger partial charge on any atom is 0.177 e. The van der Waals surface area contributed by atoms with Gasteiger partial charge in [0.05, 0.1) is 5.69 Å². The van der Waals surface area contributed by atoms with Gasteiger partial charge in [0.2, 0.25) is 0 Å². The summed E-state index contributed by atoms with van der Waals surface area (Å²) in [4.78, 5) is 8.51. The lowest BCUT2D eigenvalue weighted by molar-refractivity contribution is 0.946. The summed E-state index contributed by atoms with van der Waals surface area (Å²) in [5, 5.41) is 7.31. The van der Waals surface area contributed by atoms with E-state index in [0.29, 0.717) is 11.5 Å². The van der Waals surface area contributed by atoms with E-state index in [1.807, 2.05) is 19.1 Å². The van der Waals surface area contributed by atoms with Crippen LogP contribution in [0.25, 0.3) is 5.65 Å². The largest absolute Gasteiger partial charge is 0.382 e. The van der Waals surface area contributed by atoms with Crippen molar-refractivity contribution in [1.29, 1.82) is 0 Å². The summed E-state index contributed by atoms with van der Waals surface area (Å²) in [5.74, 6) is 1.17. The Bertz CT molecular complexity index is 685. The number of pyridine rings is 1. The first-order valence-corrected chi connectivity index (χ1v) is 5.52. The fourth-order valence-electron chi connectivity index (χ4n) is 1.71. The van der Waals surface area contributed by atoms with Gasteiger partial charge in [0, 0.05) is 24.7 Å². The van der Waals surface area contributed by atoms with Gasteiger partial charge in [-0.25, -0.2) is 14.5 Å². The number of aryl methyl sites for hydroxylation is 1. The van der Waals surface area contributed by atoms with Gasteiger partial charge in [0.25, 0.3) is 0 Å². The van der Waals surface area contributed by atoms with Crippen molar-refractivity contribution in [2.24, 2.45) is 0 Å². The molecule has 0 saturated heterocycles. The van der Waals surface area contributed by atoms with Crippen LogP contribution in [0.1, 0.15) is 5.56 Å². The molecule has 0 amide bonds. The number of nitrogens with one attached hydrogen (secondary N) is 1. The van der Waals surface area contributed by atoms with Crippen molar-refractivity contribution in [3.63, 3.8) is 0 Å². The second-order valence-corrected chi connectivity index (χ2v) is 4.02. The van der Waals surface area contributed by atoms with Crippen LogP contribution in [0.4, 0.5) is 17.3 Å². The number of nitrogen functional groups attached to an aromatic ring is 1. The average Bonchev–Trinajstić information content (AvgIpc) is 2.80. The fourth-order valence-corrected chi connectivity index (χ4v) is 1.71. The molecule has 0 atom stereocenters. The first kappa shape index (κ1) is 10.5. The highest BCUT2D eigenvalue weighted by Gasteiger charge is 2.06. The van der Waals surface area contributed by atoms with E-state index < -0.39 is 0 Å². The summed E-state index contributed by atoms with van der Waals surface area (Å²) in [6.07, 6.45) is 5.23. The molecule has 0 aliphatic heterocycles. The molecule has 18 heavy (non-hydrogen) atoms. The smallest absolute Gasteiger partial charge is 0.177 e. The molecule has 90 valence electrons. The van der Waals surface area contributed by atoms with Crippen LogP contribution in [-0.4, -0.2) is 19.6 Å². The first-order valence-electron chi connectivity index (χ1n) is 5.52. The average molecular weight is 240 g/mol. The Morgan fingerprint density at radius 3 is 2.94 bits per heavy atom. The van der Waals surface area contributed by atoms with Crippen LogP contribution in [0.3, 0.4) is 0 Å². The van der Waals surface area contributed by atoms with E-state index in [1.165, 1.54) is 0 Å². The van der Waals surface area contributed by atoms with Crippen molar-refractivity contribution >= 4 is 23.0 Å². The molecule has 6 heteroatoms. The van der Waals surface area contributed by atoms with Crippen LogP contribution in [0.15, 0.2) is 36.8 Å². The van der Waals surface area contributed by atoms with E-state index in [-0.39, 0.29) is 0 Å². The zero-order valence-electron chi connectivity index (χ0n) is 9.83.